The van der Waals surface area contributed by atoms with Gasteiger partial charge < -0.3 is 15.0 Å². The molecule has 0 aromatic carbocycles. The third kappa shape index (κ3) is 5.18. The van der Waals surface area contributed by atoms with Crippen molar-refractivity contribution in [2.45, 2.75) is 44.6 Å². The van der Waals surface area contributed by atoms with Crippen LogP contribution in [0.4, 0.5) is 13.2 Å². The second kappa shape index (κ2) is 10.3. The van der Waals surface area contributed by atoms with E-state index in [9.17, 15) is 27.9 Å². The predicted octanol–water partition coefficient (Wildman–Crippen LogP) is 2.55. The molecule has 2 aromatic rings. The zero-order chi connectivity index (χ0) is 25.2. The second-order valence-corrected chi connectivity index (χ2v) is 9.03. The van der Waals surface area contributed by atoms with Crippen LogP contribution in [-0.2, 0) is 17.8 Å². The molecule has 35 heavy (non-hydrogen) atoms. The average Bonchev–Trinajstić information content (AvgIpc) is 3.34. The summed E-state index contributed by atoms with van der Waals surface area (Å²) in [6, 6.07) is 5.59. The Balaban J connectivity index is 1.61. The van der Waals surface area contributed by atoms with E-state index in [2.05, 4.69) is 10.3 Å². The van der Waals surface area contributed by atoms with Gasteiger partial charge in [-0.05, 0) is 43.2 Å². The number of alkyl halides is 3. The van der Waals surface area contributed by atoms with Crippen molar-refractivity contribution < 1.29 is 23.1 Å². The summed E-state index contributed by atoms with van der Waals surface area (Å²) in [5.41, 5.74) is 1.83. The molecule has 4 heterocycles. The number of rotatable bonds is 8. The first-order valence-corrected chi connectivity index (χ1v) is 11.7. The van der Waals surface area contributed by atoms with Crippen LogP contribution in [0.25, 0.3) is 6.08 Å². The summed E-state index contributed by atoms with van der Waals surface area (Å²) in [4.78, 5) is 31.7. The lowest BCUT2D eigenvalue weighted by atomic mass is 9.88. The summed E-state index contributed by atoms with van der Waals surface area (Å²) < 4.78 is 41.2. The monoisotopic (exact) mass is 490 g/mol. The number of hydrogen-bond donors (Lipinski definition) is 2. The molecule has 2 N–H and O–H groups in total. The number of halogens is 3. The fourth-order valence-corrected chi connectivity index (χ4v) is 5.43. The van der Waals surface area contributed by atoms with E-state index in [1.54, 1.807) is 48.2 Å². The number of amides is 1. The van der Waals surface area contributed by atoms with Crippen LogP contribution in [0.2, 0.25) is 0 Å². The van der Waals surface area contributed by atoms with Gasteiger partial charge >= 0.3 is 6.18 Å². The van der Waals surface area contributed by atoms with Gasteiger partial charge in [-0.3, -0.25) is 19.5 Å². The largest absolute Gasteiger partial charge is 0.396 e. The smallest absolute Gasteiger partial charge is 0.390 e. The highest BCUT2D eigenvalue weighted by atomic mass is 19.4. The number of pyridine rings is 2. The lowest BCUT2D eigenvalue weighted by Crippen LogP contribution is -2.49. The molecule has 4 atom stereocenters. The molecule has 0 saturated carbocycles. The Morgan fingerprint density at radius 2 is 2.00 bits per heavy atom. The van der Waals surface area contributed by atoms with Crippen molar-refractivity contribution in [2.24, 2.45) is 11.8 Å². The number of carbonyl (C=O) groups excluding carboxylic acids is 1. The fraction of sp³-hybridized carbons (Fsp3) is 0.480. The minimum absolute atomic E-state index is 0.221. The number of carbonyl (C=O) groups is 1. The van der Waals surface area contributed by atoms with E-state index in [0.717, 1.165) is 5.56 Å². The Kier molecular flexibility index (Phi) is 7.42. The maximum atomic E-state index is 13.3. The van der Waals surface area contributed by atoms with Crippen LogP contribution in [0.5, 0.6) is 0 Å². The predicted molar refractivity (Wildman–Crippen MR) is 124 cm³/mol. The van der Waals surface area contributed by atoms with Crippen LogP contribution < -0.4 is 10.9 Å². The minimum atomic E-state index is -4.40. The first-order valence-electron chi connectivity index (χ1n) is 11.7. The van der Waals surface area contributed by atoms with Gasteiger partial charge in [0.25, 0.3) is 5.56 Å². The third-order valence-electron chi connectivity index (χ3n) is 6.95. The number of fused-ring (bicyclic) bond motifs is 3. The molecule has 0 radical (unpaired) electrons. The number of aliphatic hydroxyl groups excluding tert-OH is 1. The van der Waals surface area contributed by atoms with E-state index in [1.165, 1.54) is 4.90 Å². The number of aliphatic hydroxyl groups is 1. The number of nitrogens with one attached hydrogen (secondary N) is 1. The van der Waals surface area contributed by atoms with Gasteiger partial charge in [0.05, 0.1) is 18.5 Å². The van der Waals surface area contributed by atoms with E-state index in [-0.39, 0.29) is 24.6 Å². The van der Waals surface area contributed by atoms with Crippen molar-refractivity contribution in [3.05, 3.63) is 69.9 Å². The maximum absolute atomic E-state index is 13.3. The maximum Gasteiger partial charge on any atom is 0.390 e. The van der Waals surface area contributed by atoms with Crippen molar-refractivity contribution in [1.82, 2.24) is 19.8 Å². The molecular weight excluding hydrogens is 461 g/mol. The third-order valence-corrected chi connectivity index (χ3v) is 6.95. The zero-order valence-electron chi connectivity index (χ0n) is 19.4. The summed E-state index contributed by atoms with van der Waals surface area (Å²) >= 11 is 0. The molecule has 4 rings (SSSR count). The topological polar surface area (TPSA) is 87.5 Å². The minimum Gasteiger partial charge on any atom is -0.396 e. The van der Waals surface area contributed by atoms with Crippen molar-refractivity contribution >= 4 is 12.0 Å². The number of likely N-dealkylation sites (tertiary alicyclic amines) is 1. The number of aromatic nitrogens is 2. The van der Waals surface area contributed by atoms with Crippen LogP contribution in [0.15, 0.2) is 47.5 Å². The van der Waals surface area contributed by atoms with Gasteiger partial charge in [-0.2, -0.15) is 13.2 Å². The van der Waals surface area contributed by atoms with Gasteiger partial charge in [0, 0.05) is 61.7 Å². The van der Waals surface area contributed by atoms with Crippen molar-refractivity contribution in [2.75, 3.05) is 19.7 Å². The van der Waals surface area contributed by atoms with Gasteiger partial charge in [0.15, 0.2) is 0 Å². The van der Waals surface area contributed by atoms with Crippen molar-refractivity contribution in [3.8, 4) is 0 Å². The standard InChI is InChI=1S/C25H29F3N4O3/c1-2-3-17-4-5-20-21-18(14-32(20)24(17)35)19(15-33)22(31(21)13-9-25(26,27)28)23(34)30-12-8-16-6-10-29-11-7-16/h2-7,10-11,18-19,21-22,33H,8-9,12-15H2,1H3,(H,30,34)/b3-2-/t18-,19-,21+,22-/m0/s1. The molecule has 188 valence electrons. The van der Waals surface area contributed by atoms with E-state index in [4.69, 9.17) is 0 Å². The first kappa shape index (κ1) is 25.1. The van der Waals surface area contributed by atoms with E-state index >= 15 is 0 Å². The van der Waals surface area contributed by atoms with Crippen LogP contribution in [-0.4, -0.2) is 57.4 Å². The Bertz CT molecular complexity index is 1130. The highest BCUT2D eigenvalue weighted by molar-refractivity contribution is 5.82. The van der Waals surface area contributed by atoms with E-state index in [1.807, 2.05) is 12.1 Å². The number of nitrogens with zero attached hydrogens (tertiary/aromatic N) is 3. The molecule has 0 bridgehead atoms. The Morgan fingerprint density at radius 1 is 1.26 bits per heavy atom. The molecule has 1 saturated heterocycles. The van der Waals surface area contributed by atoms with Gasteiger partial charge in [-0.25, -0.2) is 0 Å². The number of hydrogen-bond acceptors (Lipinski definition) is 5. The van der Waals surface area contributed by atoms with Gasteiger partial charge in [-0.1, -0.05) is 12.2 Å². The summed E-state index contributed by atoms with van der Waals surface area (Å²) in [6.07, 6.45) is 1.80. The molecular formula is C25H29F3N4O3. The highest BCUT2D eigenvalue weighted by Crippen LogP contribution is 2.49. The summed E-state index contributed by atoms with van der Waals surface area (Å²) in [5.74, 6) is -1.36. The summed E-state index contributed by atoms with van der Waals surface area (Å²) in [6.45, 7) is 1.59. The quantitative estimate of drug-likeness (QED) is 0.594. The Morgan fingerprint density at radius 3 is 2.66 bits per heavy atom. The Labute approximate surface area is 201 Å². The fourth-order valence-electron chi connectivity index (χ4n) is 5.43. The molecule has 0 aliphatic carbocycles. The lowest BCUT2D eigenvalue weighted by Gasteiger charge is -2.31. The SMILES string of the molecule is C/C=C\c1ccc2n(c1=O)C[C@H]1[C@H](CO)[C@@H](C(=O)NCCc3ccncc3)N(CCC(F)(F)F)[C@@H]21. The first-order chi connectivity index (χ1) is 16.7. The zero-order valence-corrected chi connectivity index (χ0v) is 19.4. The van der Waals surface area contributed by atoms with Gasteiger partial charge in [-0.15, -0.1) is 0 Å². The molecule has 2 aliphatic rings. The van der Waals surface area contributed by atoms with Gasteiger partial charge in [0.1, 0.15) is 0 Å². The molecule has 0 spiro atoms. The van der Waals surface area contributed by atoms with Crippen molar-refractivity contribution in [3.63, 3.8) is 0 Å². The molecule has 1 amide bonds. The Hall–Kier alpha value is -2.98. The molecule has 0 unspecified atom stereocenters. The molecule has 2 aliphatic heterocycles. The van der Waals surface area contributed by atoms with Crippen molar-refractivity contribution in [1.29, 1.82) is 0 Å². The number of allylic oxidation sites excluding steroid dienone is 1. The second-order valence-electron chi connectivity index (χ2n) is 9.03. The van der Waals surface area contributed by atoms with E-state index < -0.39 is 43.1 Å². The molecule has 2 aromatic heterocycles. The average molecular weight is 491 g/mol. The molecule has 1 fully saturated rings. The van der Waals surface area contributed by atoms with E-state index in [0.29, 0.717) is 24.2 Å². The summed E-state index contributed by atoms with van der Waals surface area (Å²) in [7, 11) is 0. The molecule has 7 nitrogen and oxygen atoms in total. The van der Waals surface area contributed by atoms with Crippen LogP contribution in [0.1, 0.15) is 36.2 Å². The normalized spacial score (nSPS) is 24.0. The van der Waals surface area contributed by atoms with Gasteiger partial charge in [0.2, 0.25) is 5.91 Å². The lowest BCUT2D eigenvalue weighted by molar-refractivity contribution is -0.143. The highest BCUT2D eigenvalue weighted by Gasteiger charge is 2.55. The van der Waals surface area contributed by atoms with Crippen LogP contribution in [0.3, 0.4) is 0 Å². The van der Waals surface area contributed by atoms with Crippen LogP contribution >= 0.6 is 0 Å². The van der Waals surface area contributed by atoms with Crippen LogP contribution in [0, 0.1) is 11.8 Å². The summed E-state index contributed by atoms with van der Waals surface area (Å²) in [5, 5.41) is 13.1. The molecule has 10 heteroatoms.